The van der Waals surface area contributed by atoms with Gasteiger partial charge in [0, 0.05) is 50.7 Å². The summed E-state index contributed by atoms with van der Waals surface area (Å²) in [6, 6.07) is 0.539. The number of carbonyl (C=O) groups is 1. The van der Waals surface area contributed by atoms with Crippen molar-refractivity contribution in [2.24, 2.45) is 4.99 Å². The van der Waals surface area contributed by atoms with E-state index in [1.54, 1.807) is 30.3 Å². The van der Waals surface area contributed by atoms with Gasteiger partial charge in [0.25, 0.3) is 0 Å². The molecule has 28 heavy (non-hydrogen) atoms. The summed E-state index contributed by atoms with van der Waals surface area (Å²) in [5.41, 5.74) is 0. The van der Waals surface area contributed by atoms with Gasteiger partial charge in [-0.2, -0.15) is 0 Å². The lowest BCUT2D eigenvalue weighted by Crippen LogP contribution is -2.45. The molecule has 0 bridgehead atoms. The van der Waals surface area contributed by atoms with Gasteiger partial charge in [-0.1, -0.05) is 13.8 Å². The number of halogens is 1. The maximum atomic E-state index is 11.9. The summed E-state index contributed by atoms with van der Waals surface area (Å²) >= 11 is 1.76. The lowest BCUT2D eigenvalue weighted by Gasteiger charge is -2.24. The molecule has 2 rings (SSSR count). The fourth-order valence-corrected chi connectivity index (χ4v) is 4.00. The Balaban J connectivity index is 0.00000392. The molecule has 0 saturated carbocycles. The SMILES string of the molecule is CCc1cnc(CCNC(=NCC(=O)N(C)C)NCC2CCCN2CC)s1.I. The maximum absolute atomic E-state index is 11.9. The second-order valence-electron chi connectivity index (χ2n) is 7.01. The molecule has 7 nitrogen and oxygen atoms in total. The summed E-state index contributed by atoms with van der Waals surface area (Å²) < 4.78 is 0. The molecule has 0 aromatic carbocycles. The Bertz CT molecular complexity index is 621. The number of likely N-dealkylation sites (N-methyl/N-ethyl adjacent to an activating group) is 2. The second kappa shape index (κ2) is 13.3. The van der Waals surface area contributed by atoms with Gasteiger partial charge in [-0.3, -0.25) is 9.69 Å². The molecule has 2 heterocycles. The van der Waals surface area contributed by atoms with E-state index in [9.17, 15) is 4.79 Å². The van der Waals surface area contributed by atoms with Crippen LogP contribution in [0.4, 0.5) is 0 Å². The highest BCUT2D eigenvalue weighted by atomic mass is 127. The number of rotatable bonds is 9. The van der Waals surface area contributed by atoms with E-state index in [0.717, 1.165) is 37.5 Å². The van der Waals surface area contributed by atoms with Crippen LogP contribution in [-0.4, -0.2) is 79.5 Å². The number of hydrogen-bond donors (Lipinski definition) is 2. The summed E-state index contributed by atoms with van der Waals surface area (Å²) in [5.74, 6) is 0.708. The van der Waals surface area contributed by atoms with Crippen molar-refractivity contribution >= 4 is 47.2 Å². The van der Waals surface area contributed by atoms with Gasteiger partial charge in [-0.05, 0) is 32.4 Å². The summed E-state index contributed by atoms with van der Waals surface area (Å²) in [6.45, 7) is 8.37. The number of likely N-dealkylation sites (tertiary alicyclic amines) is 1. The number of carbonyl (C=O) groups excluding carboxylic acids is 1. The molecule has 1 aliphatic rings. The smallest absolute Gasteiger partial charge is 0.243 e. The average molecular weight is 523 g/mol. The molecule has 160 valence electrons. The fraction of sp³-hybridized carbons (Fsp3) is 0.737. The van der Waals surface area contributed by atoms with Crippen molar-refractivity contribution in [2.45, 2.75) is 45.6 Å². The van der Waals surface area contributed by atoms with Crippen molar-refractivity contribution in [1.82, 2.24) is 25.4 Å². The van der Waals surface area contributed by atoms with Gasteiger partial charge in [-0.25, -0.2) is 9.98 Å². The highest BCUT2D eigenvalue weighted by molar-refractivity contribution is 14.0. The normalized spacial score (nSPS) is 17.3. The van der Waals surface area contributed by atoms with E-state index in [2.05, 4.69) is 39.4 Å². The number of aromatic nitrogens is 1. The minimum atomic E-state index is -0.000313. The average Bonchev–Trinajstić information content (AvgIpc) is 3.31. The monoisotopic (exact) mass is 522 g/mol. The Morgan fingerprint density at radius 1 is 1.39 bits per heavy atom. The van der Waals surface area contributed by atoms with Gasteiger partial charge in [-0.15, -0.1) is 35.3 Å². The highest BCUT2D eigenvalue weighted by Crippen LogP contribution is 2.15. The molecule has 1 amide bonds. The molecule has 1 saturated heterocycles. The molecule has 1 aromatic rings. The van der Waals surface area contributed by atoms with Crippen molar-refractivity contribution in [3.8, 4) is 0 Å². The first-order chi connectivity index (χ1) is 13.0. The number of aryl methyl sites for hydroxylation is 1. The van der Waals surface area contributed by atoms with E-state index in [1.807, 2.05) is 6.20 Å². The Morgan fingerprint density at radius 2 is 2.18 bits per heavy atom. The molecular formula is C19H35IN6OS. The van der Waals surface area contributed by atoms with Crippen molar-refractivity contribution < 1.29 is 4.79 Å². The van der Waals surface area contributed by atoms with Crippen LogP contribution < -0.4 is 10.6 Å². The van der Waals surface area contributed by atoms with E-state index < -0.39 is 0 Å². The van der Waals surface area contributed by atoms with E-state index in [0.29, 0.717) is 12.0 Å². The van der Waals surface area contributed by atoms with E-state index in [4.69, 9.17) is 0 Å². The summed E-state index contributed by atoms with van der Waals surface area (Å²) in [7, 11) is 3.51. The minimum absolute atomic E-state index is 0. The van der Waals surface area contributed by atoms with Crippen LogP contribution in [0.1, 0.15) is 36.6 Å². The number of thiazole rings is 1. The van der Waals surface area contributed by atoms with Crippen molar-refractivity contribution in [3.63, 3.8) is 0 Å². The molecule has 1 unspecified atom stereocenters. The molecule has 0 radical (unpaired) electrons. The molecule has 0 aliphatic carbocycles. The Kier molecular flexibility index (Phi) is 11.9. The summed E-state index contributed by atoms with van der Waals surface area (Å²) in [5, 5.41) is 7.93. The molecule has 1 fully saturated rings. The molecule has 1 atom stereocenters. The largest absolute Gasteiger partial charge is 0.356 e. The predicted molar refractivity (Wildman–Crippen MR) is 128 cm³/mol. The number of aliphatic imine (C=N–C) groups is 1. The van der Waals surface area contributed by atoms with E-state index in [-0.39, 0.29) is 36.4 Å². The van der Waals surface area contributed by atoms with Crippen LogP contribution in [0.15, 0.2) is 11.2 Å². The third kappa shape index (κ3) is 8.20. The van der Waals surface area contributed by atoms with Crippen LogP contribution in [-0.2, 0) is 17.6 Å². The Hall–Kier alpha value is -0.940. The first kappa shape index (κ1) is 25.1. The molecule has 1 aliphatic heterocycles. The van der Waals surface area contributed by atoms with Gasteiger partial charge in [0.15, 0.2) is 5.96 Å². The first-order valence-electron chi connectivity index (χ1n) is 9.93. The molecule has 2 N–H and O–H groups in total. The first-order valence-corrected chi connectivity index (χ1v) is 10.7. The van der Waals surface area contributed by atoms with Crippen LogP contribution >= 0.6 is 35.3 Å². The van der Waals surface area contributed by atoms with Crippen LogP contribution in [0, 0.1) is 0 Å². The van der Waals surface area contributed by atoms with Crippen LogP contribution in [0.2, 0.25) is 0 Å². The fourth-order valence-electron chi connectivity index (χ4n) is 3.13. The number of hydrogen-bond acceptors (Lipinski definition) is 5. The van der Waals surface area contributed by atoms with Crippen LogP contribution in [0.5, 0.6) is 0 Å². The number of amides is 1. The quantitative estimate of drug-likeness (QED) is 0.295. The highest BCUT2D eigenvalue weighted by Gasteiger charge is 2.22. The van der Waals surface area contributed by atoms with Crippen LogP contribution in [0.25, 0.3) is 0 Å². The number of nitrogens with zero attached hydrogens (tertiary/aromatic N) is 4. The topological polar surface area (TPSA) is 72.9 Å². The van der Waals surface area contributed by atoms with Gasteiger partial charge < -0.3 is 15.5 Å². The zero-order valence-electron chi connectivity index (χ0n) is 17.5. The zero-order chi connectivity index (χ0) is 19.6. The van der Waals surface area contributed by atoms with Crippen LogP contribution in [0.3, 0.4) is 0 Å². The third-order valence-electron chi connectivity index (χ3n) is 4.86. The van der Waals surface area contributed by atoms with E-state index in [1.165, 1.54) is 24.3 Å². The van der Waals surface area contributed by atoms with Gasteiger partial charge >= 0.3 is 0 Å². The number of guanidine groups is 1. The van der Waals surface area contributed by atoms with Gasteiger partial charge in [0.05, 0.1) is 5.01 Å². The molecule has 1 aromatic heterocycles. The van der Waals surface area contributed by atoms with Gasteiger partial charge in [0.1, 0.15) is 6.54 Å². The van der Waals surface area contributed by atoms with Crippen molar-refractivity contribution in [3.05, 3.63) is 16.1 Å². The maximum Gasteiger partial charge on any atom is 0.243 e. The summed E-state index contributed by atoms with van der Waals surface area (Å²) in [4.78, 5) is 26.2. The predicted octanol–water partition coefficient (Wildman–Crippen LogP) is 1.97. The Labute approximate surface area is 190 Å². The lowest BCUT2D eigenvalue weighted by atomic mass is 10.2. The van der Waals surface area contributed by atoms with E-state index >= 15 is 0 Å². The van der Waals surface area contributed by atoms with Crippen molar-refractivity contribution in [1.29, 1.82) is 0 Å². The third-order valence-corrected chi connectivity index (χ3v) is 6.06. The minimum Gasteiger partial charge on any atom is -0.356 e. The molecular weight excluding hydrogens is 487 g/mol. The molecule has 9 heteroatoms. The standard InChI is InChI=1S/C19H34N6OS.HI/c1-5-16-13-21-17(27-16)9-10-20-19(23-14-18(26)24(3)4)22-12-15-8-7-11-25(15)6-2;/h13,15H,5-12,14H2,1-4H3,(H2,20,22,23);1H. The Morgan fingerprint density at radius 3 is 2.82 bits per heavy atom. The molecule has 0 spiro atoms. The van der Waals surface area contributed by atoms with Gasteiger partial charge in [0.2, 0.25) is 5.91 Å². The zero-order valence-corrected chi connectivity index (χ0v) is 20.7. The summed E-state index contributed by atoms with van der Waals surface area (Å²) in [6.07, 6.45) is 6.31. The second-order valence-corrected chi connectivity index (χ2v) is 8.21. The number of nitrogens with one attached hydrogen (secondary N) is 2. The van der Waals surface area contributed by atoms with Crippen molar-refractivity contribution in [2.75, 3.05) is 46.8 Å². The lowest BCUT2D eigenvalue weighted by molar-refractivity contribution is -0.127.